The van der Waals surface area contributed by atoms with Gasteiger partial charge in [0.05, 0.1) is 5.39 Å². The lowest BCUT2D eigenvalue weighted by Crippen LogP contribution is -2.29. The van der Waals surface area contributed by atoms with E-state index in [0.717, 1.165) is 46.6 Å². The Balaban J connectivity index is 1.33. The minimum atomic E-state index is -0.00506. The zero-order valence-electron chi connectivity index (χ0n) is 20.7. The minimum absolute atomic E-state index is 0.00506. The summed E-state index contributed by atoms with van der Waals surface area (Å²) < 4.78 is 7.91. The summed E-state index contributed by atoms with van der Waals surface area (Å²) in [6.45, 7) is 7.00. The van der Waals surface area contributed by atoms with Gasteiger partial charge in [-0.2, -0.15) is 0 Å². The zero-order chi connectivity index (χ0) is 25.7. The molecule has 37 heavy (non-hydrogen) atoms. The number of likely N-dealkylation sites (tertiary alicyclic amines) is 1. The van der Waals surface area contributed by atoms with Crippen LogP contribution in [0.15, 0.2) is 61.4 Å². The fourth-order valence-electron chi connectivity index (χ4n) is 5.29. The van der Waals surface area contributed by atoms with Crippen LogP contribution in [0, 0.1) is 36.5 Å². The van der Waals surface area contributed by atoms with Crippen molar-refractivity contribution >= 4 is 22.8 Å². The minimum Gasteiger partial charge on any atom is -0.439 e. The average molecular weight is 491 g/mol. The molecule has 2 N–H and O–H groups in total. The number of aromatic nitrogens is 4. The third kappa shape index (κ3) is 3.99. The Morgan fingerprint density at radius 2 is 1.92 bits per heavy atom. The second-order valence-electron chi connectivity index (χ2n) is 9.55. The van der Waals surface area contributed by atoms with Crippen LogP contribution in [-0.4, -0.2) is 43.4 Å². The van der Waals surface area contributed by atoms with Crippen molar-refractivity contribution < 1.29 is 9.53 Å². The van der Waals surface area contributed by atoms with Crippen molar-refractivity contribution in [1.82, 2.24) is 24.4 Å². The number of piperidine rings is 1. The molecule has 1 aromatic carbocycles. The molecule has 8 nitrogen and oxygen atoms in total. The van der Waals surface area contributed by atoms with E-state index in [1.165, 1.54) is 12.4 Å². The SMILES string of the molecule is C=CC(=O)N1C[C@@H]2[C@@H](C#Cc3c(-c4ccc(Oc5cccc(C)n5)cc4)c4c(N)ncnc4n3C)[C@@H]2C1. The number of ether oxygens (including phenoxy) is 1. The van der Waals surface area contributed by atoms with E-state index in [4.69, 9.17) is 10.5 Å². The maximum absolute atomic E-state index is 11.9. The molecule has 1 saturated carbocycles. The van der Waals surface area contributed by atoms with Crippen LogP contribution in [0.3, 0.4) is 0 Å². The molecular formula is C29H26N6O2. The Morgan fingerprint density at radius 1 is 1.16 bits per heavy atom. The number of hydrogen-bond donors (Lipinski definition) is 1. The van der Waals surface area contributed by atoms with E-state index in [1.807, 2.05) is 65.9 Å². The zero-order valence-corrected chi connectivity index (χ0v) is 20.7. The number of nitrogens with zero attached hydrogens (tertiary/aromatic N) is 5. The fraction of sp³-hybridized carbons (Fsp3) is 0.241. The van der Waals surface area contributed by atoms with Crippen molar-refractivity contribution in [3.05, 3.63) is 72.8 Å². The van der Waals surface area contributed by atoms with E-state index < -0.39 is 0 Å². The summed E-state index contributed by atoms with van der Waals surface area (Å²) in [6.07, 6.45) is 2.85. The van der Waals surface area contributed by atoms with Crippen LogP contribution in [0.2, 0.25) is 0 Å². The topological polar surface area (TPSA) is 99.2 Å². The van der Waals surface area contributed by atoms with E-state index in [2.05, 4.69) is 33.4 Å². The molecule has 2 fully saturated rings. The first-order valence-corrected chi connectivity index (χ1v) is 12.2. The van der Waals surface area contributed by atoms with E-state index in [1.54, 1.807) is 0 Å². The predicted molar refractivity (Wildman–Crippen MR) is 142 cm³/mol. The molecular weight excluding hydrogens is 464 g/mol. The largest absolute Gasteiger partial charge is 0.439 e. The quantitative estimate of drug-likeness (QED) is 0.344. The van der Waals surface area contributed by atoms with Crippen molar-refractivity contribution in [2.75, 3.05) is 18.8 Å². The summed E-state index contributed by atoms with van der Waals surface area (Å²) in [5.41, 5.74) is 10.6. The van der Waals surface area contributed by atoms with E-state index in [-0.39, 0.29) is 11.8 Å². The molecule has 3 atom stereocenters. The van der Waals surface area contributed by atoms with Crippen LogP contribution in [0.4, 0.5) is 5.82 Å². The van der Waals surface area contributed by atoms with E-state index >= 15 is 0 Å². The van der Waals surface area contributed by atoms with Crippen LogP contribution in [-0.2, 0) is 11.8 Å². The van der Waals surface area contributed by atoms with Crippen molar-refractivity contribution in [2.45, 2.75) is 6.92 Å². The molecule has 0 unspecified atom stereocenters. The number of nitrogen functional groups attached to an aromatic ring is 1. The van der Waals surface area contributed by atoms with Gasteiger partial charge in [0.2, 0.25) is 11.8 Å². The summed E-state index contributed by atoms with van der Waals surface area (Å²) in [5, 5.41) is 0.780. The van der Waals surface area contributed by atoms with Crippen LogP contribution in [0.1, 0.15) is 11.4 Å². The number of pyridine rings is 1. The molecule has 0 radical (unpaired) electrons. The Bertz CT molecular complexity index is 1600. The van der Waals surface area contributed by atoms with Gasteiger partial charge in [0.25, 0.3) is 0 Å². The van der Waals surface area contributed by atoms with Crippen LogP contribution < -0.4 is 10.5 Å². The number of hydrogen-bond acceptors (Lipinski definition) is 6. The summed E-state index contributed by atoms with van der Waals surface area (Å²) in [4.78, 5) is 26.9. The number of anilines is 1. The van der Waals surface area contributed by atoms with Gasteiger partial charge in [0.1, 0.15) is 29.2 Å². The Hall–Kier alpha value is -4.64. The molecule has 3 aromatic heterocycles. The monoisotopic (exact) mass is 490 g/mol. The average Bonchev–Trinajstić information content (AvgIpc) is 3.20. The van der Waals surface area contributed by atoms with E-state index in [0.29, 0.717) is 29.3 Å². The number of fused-ring (bicyclic) bond motifs is 2. The molecule has 0 spiro atoms. The van der Waals surface area contributed by atoms with Gasteiger partial charge in [-0.05, 0) is 54.5 Å². The molecule has 0 bridgehead atoms. The molecule has 1 saturated heterocycles. The lowest BCUT2D eigenvalue weighted by atomic mass is 10.0. The van der Waals surface area contributed by atoms with Crippen LogP contribution >= 0.6 is 0 Å². The normalized spacial score (nSPS) is 19.7. The highest BCUT2D eigenvalue weighted by Crippen LogP contribution is 2.51. The first kappa shape index (κ1) is 22.8. The van der Waals surface area contributed by atoms with Gasteiger partial charge in [0.15, 0.2) is 0 Å². The second-order valence-corrected chi connectivity index (χ2v) is 9.55. The summed E-state index contributed by atoms with van der Waals surface area (Å²) in [7, 11) is 1.95. The molecule has 1 amide bonds. The Morgan fingerprint density at radius 3 is 2.62 bits per heavy atom. The standard InChI is InChI=1S/C29H26N6O2/c1-4-25(36)35-14-21-20(22(21)15-35)12-13-23-26(27-28(30)31-16-32-29(27)34(23)3)18-8-10-19(11-9-18)37-24-7-5-6-17(2)33-24/h4-11,16,20-22H,1,14-15H2,2-3H3,(H2,30,31,32)/t20-,21-,22+. The second kappa shape index (κ2) is 8.79. The van der Waals surface area contributed by atoms with Gasteiger partial charge in [-0.3, -0.25) is 4.79 Å². The van der Waals surface area contributed by atoms with Crippen molar-refractivity contribution in [3.8, 4) is 34.6 Å². The lowest BCUT2D eigenvalue weighted by Gasteiger charge is -2.16. The number of rotatable bonds is 4. The van der Waals surface area contributed by atoms with E-state index in [9.17, 15) is 4.79 Å². The highest BCUT2D eigenvalue weighted by Gasteiger charge is 2.55. The van der Waals surface area contributed by atoms with Crippen molar-refractivity contribution in [1.29, 1.82) is 0 Å². The first-order chi connectivity index (χ1) is 17.9. The number of nitrogens with two attached hydrogens (primary N) is 1. The number of amides is 1. The Kier molecular flexibility index (Phi) is 5.41. The molecule has 6 rings (SSSR count). The fourth-order valence-corrected chi connectivity index (χ4v) is 5.29. The summed E-state index contributed by atoms with van der Waals surface area (Å²) in [6, 6.07) is 13.5. The van der Waals surface area contributed by atoms with Gasteiger partial charge < -0.3 is 19.9 Å². The third-order valence-corrected chi connectivity index (χ3v) is 7.26. The predicted octanol–water partition coefficient (Wildman–Crippen LogP) is 3.96. The molecule has 2 aliphatic rings. The number of carbonyl (C=O) groups is 1. The number of carbonyl (C=O) groups excluding carboxylic acids is 1. The highest BCUT2D eigenvalue weighted by atomic mass is 16.5. The summed E-state index contributed by atoms with van der Waals surface area (Å²) in [5.74, 6) is 9.67. The van der Waals surface area contributed by atoms with Crippen LogP contribution in [0.5, 0.6) is 11.6 Å². The molecule has 1 aliphatic carbocycles. The molecule has 184 valence electrons. The summed E-state index contributed by atoms with van der Waals surface area (Å²) >= 11 is 0. The number of aryl methyl sites for hydroxylation is 2. The molecule has 1 aliphatic heterocycles. The smallest absolute Gasteiger partial charge is 0.245 e. The maximum Gasteiger partial charge on any atom is 0.245 e. The van der Waals surface area contributed by atoms with Gasteiger partial charge in [-0.25, -0.2) is 15.0 Å². The van der Waals surface area contributed by atoms with Crippen LogP contribution in [0.25, 0.3) is 22.2 Å². The maximum atomic E-state index is 11.9. The first-order valence-electron chi connectivity index (χ1n) is 12.2. The van der Waals surface area contributed by atoms with Gasteiger partial charge in [0, 0.05) is 43.4 Å². The van der Waals surface area contributed by atoms with Gasteiger partial charge in [-0.15, -0.1) is 0 Å². The van der Waals surface area contributed by atoms with Crippen molar-refractivity contribution in [2.24, 2.45) is 24.8 Å². The van der Waals surface area contributed by atoms with Gasteiger partial charge >= 0.3 is 0 Å². The highest BCUT2D eigenvalue weighted by molar-refractivity contribution is 6.03. The molecule has 4 heterocycles. The number of benzene rings is 1. The third-order valence-electron chi connectivity index (χ3n) is 7.26. The van der Waals surface area contributed by atoms with Crippen molar-refractivity contribution in [3.63, 3.8) is 0 Å². The molecule has 8 heteroatoms. The lowest BCUT2D eigenvalue weighted by molar-refractivity contribution is -0.125. The Labute approximate surface area is 214 Å². The van der Waals surface area contributed by atoms with Gasteiger partial charge in [-0.1, -0.05) is 30.7 Å². The molecule has 4 aromatic rings.